The van der Waals surface area contributed by atoms with Gasteiger partial charge >= 0.3 is 0 Å². The lowest BCUT2D eigenvalue weighted by molar-refractivity contribution is -0.962. The van der Waals surface area contributed by atoms with Crippen LogP contribution in [0, 0.1) is 0 Å². The van der Waals surface area contributed by atoms with E-state index in [0.29, 0.717) is 0 Å². The first-order valence-electron chi connectivity index (χ1n) is 5.90. The summed E-state index contributed by atoms with van der Waals surface area (Å²) < 4.78 is 7.96. The molecule has 0 saturated heterocycles. The highest BCUT2D eigenvalue weighted by atomic mass is 35.5. The molecule has 3 nitrogen and oxygen atoms in total. The van der Waals surface area contributed by atoms with Crippen molar-refractivity contribution < 1.29 is 13.7 Å². The van der Waals surface area contributed by atoms with Crippen molar-refractivity contribution in [3.8, 4) is 0 Å². The smallest absolute Gasteiger partial charge is 0.198 e. The minimum absolute atomic E-state index is 0. The summed E-state index contributed by atoms with van der Waals surface area (Å²) in [6.45, 7) is 4.38. The zero-order valence-corrected chi connectivity index (χ0v) is 13.1. The first-order chi connectivity index (χ1) is 6.62. The molecule has 0 aliphatic heterocycles. The van der Waals surface area contributed by atoms with Crippen LogP contribution in [0.15, 0.2) is 0 Å². The lowest BCUT2D eigenvalue weighted by Crippen LogP contribution is -2.54. The third-order valence-corrected chi connectivity index (χ3v) is 2.74. The molecule has 0 bridgehead atoms. The average Bonchev–Trinajstić information content (AvgIpc) is 2.01. The van der Waals surface area contributed by atoms with Crippen LogP contribution < -0.4 is 0 Å². The molecule has 0 fully saturated rings. The molecule has 0 N–H and O–H groups in total. The van der Waals surface area contributed by atoms with Gasteiger partial charge in [0, 0.05) is 12.8 Å². The van der Waals surface area contributed by atoms with Gasteiger partial charge in [-0.15, -0.1) is 12.4 Å². The van der Waals surface area contributed by atoms with Gasteiger partial charge in [0.05, 0.1) is 42.3 Å². The van der Waals surface area contributed by atoms with E-state index in [0.717, 1.165) is 21.8 Å². The van der Waals surface area contributed by atoms with Crippen LogP contribution in [0.4, 0.5) is 0 Å². The van der Waals surface area contributed by atoms with Gasteiger partial charge in [0.15, 0.2) is 12.5 Å². The van der Waals surface area contributed by atoms with Gasteiger partial charge < -0.3 is 8.97 Å². The second-order valence-electron chi connectivity index (χ2n) is 6.09. The number of hydrogen-bond acceptors (Lipinski definition) is 1. The van der Waals surface area contributed by atoms with E-state index in [2.05, 4.69) is 56.1 Å². The minimum Gasteiger partial charge on any atom is -0.306 e. The van der Waals surface area contributed by atoms with E-state index >= 15 is 0 Å². The fourth-order valence-electron chi connectivity index (χ4n) is 1.83. The Kier molecular flexibility index (Phi) is 7.87. The standard InChI is InChI=1S/C12H30N2O.ClH/c1-9-11(13(3,4)5)15-12(10-2)14(6,7)8;/h11-12H,9-10H2,1-8H3;1H/q+2;. The van der Waals surface area contributed by atoms with E-state index < -0.39 is 0 Å². The first kappa shape index (κ1) is 18.5. The zero-order valence-electron chi connectivity index (χ0n) is 12.3. The molecular formula is C12H31ClN2O+2. The highest BCUT2D eigenvalue weighted by Gasteiger charge is 2.31. The fraction of sp³-hybridized carbons (Fsp3) is 1.00. The van der Waals surface area contributed by atoms with Gasteiger partial charge in [-0.05, 0) is 0 Å². The SMILES string of the molecule is CCC(OC(CC)[N+](C)(C)C)[N+](C)(C)C.Cl. The third-order valence-electron chi connectivity index (χ3n) is 2.74. The van der Waals surface area contributed by atoms with Gasteiger partial charge in [-0.25, -0.2) is 0 Å². The molecule has 2 unspecified atom stereocenters. The fourth-order valence-corrected chi connectivity index (χ4v) is 1.83. The highest BCUT2D eigenvalue weighted by Crippen LogP contribution is 2.17. The molecule has 0 saturated carbocycles. The molecular weight excluding hydrogens is 224 g/mol. The van der Waals surface area contributed by atoms with Crippen LogP contribution >= 0.6 is 12.4 Å². The summed E-state index contributed by atoms with van der Waals surface area (Å²) in [6, 6.07) is 0. The summed E-state index contributed by atoms with van der Waals surface area (Å²) in [4.78, 5) is 0. The Bertz CT molecular complexity index is 164. The van der Waals surface area contributed by atoms with Crippen molar-refractivity contribution in [3.63, 3.8) is 0 Å². The normalized spacial score (nSPS) is 16.5. The number of nitrogens with zero attached hydrogens (tertiary/aromatic N) is 2. The minimum atomic E-state index is 0. The van der Waals surface area contributed by atoms with E-state index in [4.69, 9.17) is 4.74 Å². The third kappa shape index (κ3) is 6.04. The molecule has 0 amide bonds. The molecule has 0 aliphatic carbocycles. The lowest BCUT2D eigenvalue weighted by atomic mass is 10.3. The summed E-state index contributed by atoms with van der Waals surface area (Å²) in [5, 5.41) is 0. The van der Waals surface area contributed by atoms with E-state index in [1.54, 1.807) is 0 Å². The Morgan fingerprint density at radius 3 is 1.12 bits per heavy atom. The molecule has 0 heterocycles. The topological polar surface area (TPSA) is 9.23 Å². The van der Waals surface area contributed by atoms with Gasteiger partial charge in [0.25, 0.3) is 0 Å². The molecule has 0 aromatic rings. The molecule has 0 aromatic heterocycles. The van der Waals surface area contributed by atoms with Crippen LogP contribution in [-0.2, 0) is 4.74 Å². The van der Waals surface area contributed by atoms with Crippen molar-refractivity contribution in [2.24, 2.45) is 0 Å². The van der Waals surface area contributed by atoms with Gasteiger partial charge in [-0.1, -0.05) is 13.8 Å². The predicted molar refractivity (Wildman–Crippen MR) is 72.6 cm³/mol. The van der Waals surface area contributed by atoms with E-state index in [1.165, 1.54) is 0 Å². The lowest BCUT2D eigenvalue weighted by Gasteiger charge is -2.39. The highest BCUT2D eigenvalue weighted by molar-refractivity contribution is 5.85. The van der Waals surface area contributed by atoms with Crippen molar-refractivity contribution in [2.45, 2.75) is 39.1 Å². The Hall–Kier alpha value is 0.170. The molecule has 0 aromatic carbocycles. The van der Waals surface area contributed by atoms with Gasteiger partial charge in [-0.2, -0.15) is 0 Å². The zero-order chi connectivity index (χ0) is 12.3. The number of halogens is 1. The maximum atomic E-state index is 6.22. The monoisotopic (exact) mass is 254 g/mol. The molecule has 2 atom stereocenters. The second kappa shape index (κ2) is 6.80. The molecule has 0 radical (unpaired) electrons. The second-order valence-corrected chi connectivity index (χ2v) is 6.09. The largest absolute Gasteiger partial charge is 0.306 e. The molecule has 0 rings (SSSR count). The van der Waals surface area contributed by atoms with Gasteiger partial charge in [0.1, 0.15) is 0 Å². The van der Waals surface area contributed by atoms with Crippen molar-refractivity contribution in [3.05, 3.63) is 0 Å². The van der Waals surface area contributed by atoms with Crippen LogP contribution in [0.5, 0.6) is 0 Å². The van der Waals surface area contributed by atoms with Crippen LogP contribution in [0.1, 0.15) is 26.7 Å². The summed E-state index contributed by atoms with van der Waals surface area (Å²) in [7, 11) is 13.1. The van der Waals surface area contributed by atoms with Crippen LogP contribution in [-0.4, -0.2) is 63.7 Å². The van der Waals surface area contributed by atoms with Crippen molar-refractivity contribution in [1.82, 2.24) is 0 Å². The number of ether oxygens (including phenoxy) is 1. The quantitative estimate of drug-likeness (QED) is 0.522. The molecule has 100 valence electrons. The van der Waals surface area contributed by atoms with Crippen LogP contribution in [0.3, 0.4) is 0 Å². The van der Waals surface area contributed by atoms with E-state index in [-0.39, 0.29) is 24.9 Å². The average molecular weight is 255 g/mol. The number of hydrogen-bond donors (Lipinski definition) is 0. The maximum absolute atomic E-state index is 6.22. The summed E-state index contributed by atoms with van der Waals surface area (Å²) in [5.41, 5.74) is 0. The number of rotatable bonds is 6. The Morgan fingerprint density at radius 1 is 0.750 bits per heavy atom. The predicted octanol–water partition coefficient (Wildman–Crippen LogP) is 2.31. The van der Waals surface area contributed by atoms with Crippen LogP contribution in [0.2, 0.25) is 0 Å². The molecule has 4 heteroatoms. The van der Waals surface area contributed by atoms with Gasteiger partial charge in [-0.3, -0.25) is 4.74 Å². The Labute approximate surface area is 108 Å². The summed E-state index contributed by atoms with van der Waals surface area (Å²) in [5.74, 6) is 0. The van der Waals surface area contributed by atoms with Crippen molar-refractivity contribution in [1.29, 1.82) is 0 Å². The Balaban J connectivity index is 0. The molecule has 16 heavy (non-hydrogen) atoms. The van der Waals surface area contributed by atoms with E-state index in [9.17, 15) is 0 Å². The molecule has 0 spiro atoms. The van der Waals surface area contributed by atoms with Crippen LogP contribution in [0.25, 0.3) is 0 Å². The summed E-state index contributed by atoms with van der Waals surface area (Å²) in [6.07, 6.45) is 2.68. The van der Waals surface area contributed by atoms with Crippen molar-refractivity contribution in [2.75, 3.05) is 42.3 Å². The molecule has 0 aliphatic rings. The number of quaternary nitrogens is 2. The Morgan fingerprint density at radius 2 is 1.00 bits per heavy atom. The van der Waals surface area contributed by atoms with E-state index in [1.807, 2.05) is 0 Å². The van der Waals surface area contributed by atoms with Gasteiger partial charge in [0.2, 0.25) is 0 Å². The summed E-state index contributed by atoms with van der Waals surface area (Å²) >= 11 is 0. The first-order valence-corrected chi connectivity index (χ1v) is 5.90. The maximum Gasteiger partial charge on any atom is 0.198 e. The van der Waals surface area contributed by atoms with Crippen molar-refractivity contribution >= 4 is 12.4 Å².